The van der Waals surface area contributed by atoms with E-state index in [0.717, 1.165) is 5.56 Å². The van der Waals surface area contributed by atoms with Gasteiger partial charge in [-0.15, -0.1) is 0 Å². The number of nitrogens with one attached hydrogen (secondary N) is 1. The molecule has 0 aromatic heterocycles. The Morgan fingerprint density at radius 2 is 2.00 bits per heavy atom. The fraction of sp³-hybridized carbons (Fsp3) is 0.538. The molecular formula is C13H18ClF3N2. The molecule has 1 aromatic rings. The topological polar surface area (TPSA) is 15.3 Å². The monoisotopic (exact) mass is 294 g/mol. The molecule has 0 atom stereocenters. The molecule has 0 bridgehead atoms. The summed E-state index contributed by atoms with van der Waals surface area (Å²) in [6.45, 7) is 1.83. The molecule has 0 fully saturated rings. The molecule has 19 heavy (non-hydrogen) atoms. The van der Waals surface area contributed by atoms with Crippen LogP contribution in [-0.4, -0.2) is 26.3 Å². The van der Waals surface area contributed by atoms with Crippen molar-refractivity contribution >= 4 is 17.3 Å². The van der Waals surface area contributed by atoms with Crippen LogP contribution in [0.5, 0.6) is 0 Å². The van der Waals surface area contributed by atoms with Crippen molar-refractivity contribution in [1.29, 1.82) is 0 Å². The number of hydrogen-bond acceptors (Lipinski definition) is 2. The lowest BCUT2D eigenvalue weighted by Gasteiger charge is -2.26. The van der Waals surface area contributed by atoms with Gasteiger partial charge in [-0.25, -0.2) is 0 Å². The Morgan fingerprint density at radius 3 is 2.47 bits per heavy atom. The van der Waals surface area contributed by atoms with Crippen molar-refractivity contribution in [2.75, 3.05) is 25.0 Å². The number of alkyl halides is 3. The first kappa shape index (κ1) is 16.1. The molecule has 0 spiro atoms. The normalized spacial score (nSPS) is 11.7. The molecule has 0 saturated heterocycles. The fourth-order valence-electron chi connectivity index (χ4n) is 1.85. The van der Waals surface area contributed by atoms with E-state index >= 15 is 0 Å². The van der Waals surface area contributed by atoms with E-state index in [2.05, 4.69) is 5.32 Å². The zero-order valence-electron chi connectivity index (χ0n) is 11.0. The summed E-state index contributed by atoms with van der Waals surface area (Å²) >= 11 is 6.08. The minimum Gasteiger partial charge on any atom is -0.363 e. The van der Waals surface area contributed by atoms with Crippen molar-refractivity contribution in [3.05, 3.63) is 28.8 Å². The minimum atomic E-state index is -4.22. The van der Waals surface area contributed by atoms with Gasteiger partial charge in [-0.3, -0.25) is 0 Å². The van der Waals surface area contributed by atoms with Crippen LogP contribution in [0.4, 0.5) is 18.9 Å². The molecule has 2 nitrogen and oxygen atoms in total. The van der Waals surface area contributed by atoms with Crippen molar-refractivity contribution in [3.63, 3.8) is 0 Å². The van der Waals surface area contributed by atoms with Crippen LogP contribution in [0.3, 0.4) is 0 Å². The van der Waals surface area contributed by atoms with Crippen LogP contribution in [-0.2, 0) is 6.54 Å². The van der Waals surface area contributed by atoms with Gasteiger partial charge in [-0.1, -0.05) is 24.6 Å². The van der Waals surface area contributed by atoms with Crippen LogP contribution < -0.4 is 10.2 Å². The third-order valence-electron chi connectivity index (χ3n) is 2.63. The molecule has 0 radical (unpaired) electrons. The fourth-order valence-corrected chi connectivity index (χ4v) is 2.09. The summed E-state index contributed by atoms with van der Waals surface area (Å²) in [6, 6.07) is 5.03. The number of halogens is 4. The summed E-state index contributed by atoms with van der Waals surface area (Å²) in [6.07, 6.45) is -3.57. The van der Waals surface area contributed by atoms with Gasteiger partial charge in [0.05, 0.1) is 0 Å². The number of hydrogen-bond donors (Lipinski definition) is 1. The summed E-state index contributed by atoms with van der Waals surface area (Å²) < 4.78 is 37.6. The highest BCUT2D eigenvalue weighted by atomic mass is 35.5. The van der Waals surface area contributed by atoms with Crippen molar-refractivity contribution in [1.82, 2.24) is 5.32 Å². The van der Waals surface area contributed by atoms with Crippen LogP contribution in [0.1, 0.15) is 18.9 Å². The van der Waals surface area contributed by atoms with Crippen LogP contribution in [0, 0.1) is 0 Å². The zero-order valence-corrected chi connectivity index (χ0v) is 11.8. The average Bonchev–Trinajstić information content (AvgIpc) is 2.30. The van der Waals surface area contributed by atoms with Crippen molar-refractivity contribution < 1.29 is 13.2 Å². The Balaban J connectivity index is 2.93. The summed E-state index contributed by atoms with van der Waals surface area (Å²) in [5.41, 5.74) is 1.38. The van der Waals surface area contributed by atoms with Gasteiger partial charge in [0.15, 0.2) is 0 Å². The highest BCUT2D eigenvalue weighted by Gasteiger charge is 2.30. The van der Waals surface area contributed by atoms with E-state index in [0.29, 0.717) is 30.2 Å². The van der Waals surface area contributed by atoms with Gasteiger partial charge in [-0.2, -0.15) is 13.2 Å². The van der Waals surface area contributed by atoms with Gasteiger partial charge < -0.3 is 10.2 Å². The van der Waals surface area contributed by atoms with E-state index in [1.165, 1.54) is 4.90 Å². The molecule has 1 rings (SSSR count). The lowest BCUT2D eigenvalue weighted by atomic mass is 10.2. The summed E-state index contributed by atoms with van der Waals surface area (Å²) in [7, 11) is 1.79. The molecule has 0 aliphatic heterocycles. The minimum absolute atomic E-state index is 0.348. The molecule has 1 aromatic carbocycles. The van der Waals surface area contributed by atoms with Crippen molar-refractivity contribution in [2.24, 2.45) is 0 Å². The SMILES string of the molecule is CCCN(CC(F)(F)F)c1ccc(CNC)c(Cl)c1. The molecule has 0 aliphatic carbocycles. The molecule has 0 heterocycles. The van der Waals surface area contributed by atoms with E-state index < -0.39 is 12.7 Å². The van der Waals surface area contributed by atoms with Gasteiger partial charge in [0, 0.05) is 23.8 Å². The Morgan fingerprint density at radius 1 is 1.32 bits per heavy atom. The summed E-state index contributed by atoms with van der Waals surface area (Å²) in [5, 5.41) is 3.44. The van der Waals surface area contributed by atoms with Crippen LogP contribution >= 0.6 is 11.6 Å². The van der Waals surface area contributed by atoms with Gasteiger partial charge in [0.25, 0.3) is 0 Å². The molecular weight excluding hydrogens is 277 g/mol. The van der Waals surface area contributed by atoms with Gasteiger partial charge in [-0.05, 0) is 31.2 Å². The first-order valence-corrected chi connectivity index (χ1v) is 6.50. The number of anilines is 1. The van der Waals surface area contributed by atoms with Gasteiger partial charge in [0.1, 0.15) is 6.54 Å². The third-order valence-corrected chi connectivity index (χ3v) is 2.98. The van der Waals surface area contributed by atoms with Crippen LogP contribution in [0.2, 0.25) is 5.02 Å². The van der Waals surface area contributed by atoms with E-state index in [1.54, 1.807) is 25.2 Å². The lowest BCUT2D eigenvalue weighted by Crippen LogP contribution is -2.34. The largest absolute Gasteiger partial charge is 0.405 e. The second-order valence-corrected chi connectivity index (χ2v) is 4.75. The highest BCUT2D eigenvalue weighted by Crippen LogP contribution is 2.27. The number of rotatable bonds is 6. The predicted octanol–water partition coefficient (Wildman–Crippen LogP) is 3.84. The number of benzene rings is 1. The number of nitrogens with zero attached hydrogens (tertiary/aromatic N) is 1. The smallest absolute Gasteiger partial charge is 0.363 e. The predicted molar refractivity (Wildman–Crippen MR) is 72.8 cm³/mol. The lowest BCUT2D eigenvalue weighted by molar-refractivity contribution is -0.119. The first-order valence-electron chi connectivity index (χ1n) is 6.12. The molecule has 108 valence electrons. The second-order valence-electron chi connectivity index (χ2n) is 4.34. The summed E-state index contributed by atoms with van der Waals surface area (Å²) in [5.74, 6) is 0. The zero-order chi connectivity index (χ0) is 14.5. The van der Waals surface area contributed by atoms with Crippen LogP contribution in [0.15, 0.2) is 18.2 Å². The summed E-state index contributed by atoms with van der Waals surface area (Å²) in [4.78, 5) is 1.30. The first-order chi connectivity index (χ1) is 8.87. The molecule has 0 saturated carbocycles. The quantitative estimate of drug-likeness (QED) is 0.857. The third kappa shape index (κ3) is 5.28. The molecule has 1 N–H and O–H groups in total. The maximum atomic E-state index is 12.5. The molecule has 0 aliphatic rings. The van der Waals surface area contributed by atoms with Gasteiger partial charge in [0.2, 0.25) is 0 Å². The van der Waals surface area contributed by atoms with E-state index in [-0.39, 0.29) is 0 Å². The Bertz CT molecular complexity index is 407. The maximum absolute atomic E-state index is 12.5. The highest BCUT2D eigenvalue weighted by molar-refractivity contribution is 6.31. The Labute approximate surface area is 116 Å². The van der Waals surface area contributed by atoms with Crippen LogP contribution in [0.25, 0.3) is 0 Å². The maximum Gasteiger partial charge on any atom is 0.405 e. The Kier molecular flexibility index (Phi) is 5.94. The van der Waals surface area contributed by atoms with Crippen molar-refractivity contribution in [2.45, 2.75) is 26.1 Å². The average molecular weight is 295 g/mol. The molecule has 0 amide bonds. The molecule has 0 unspecified atom stereocenters. The van der Waals surface area contributed by atoms with Crippen molar-refractivity contribution in [3.8, 4) is 0 Å². The van der Waals surface area contributed by atoms with Gasteiger partial charge >= 0.3 is 6.18 Å². The van der Waals surface area contributed by atoms with E-state index in [4.69, 9.17) is 11.6 Å². The molecule has 6 heteroatoms. The van der Waals surface area contributed by atoms with E-state index in [1.807, 2.05) is 6.92 Å². The standard InChI is InChI=1S/C13H18ClF3N2/c1-3-6-19(9-13(15,16)17)11-5-4-10(8-18-2)12(14)7-11/h4-5,7,18H,3,6,8-9H2,1-2H3. The Hall–Kier alpha value is -0.940. The van der Waals surface area contributed by atoms with E-state index in [9.17, 15) is 13.2 Å². The second kappa shape index (κ2) is 7.01.